The number of rotatable bonds is 4. The average molecular weight is 335 g/mol. The standard InChI is InChI=1S/C14H15BrN4O/c1-19(9-10-6-11(15)8-17-7-10)13-5-3-2-4-12(13)14(16)18-20/h2-8,20H,9H2,1H3,(H2,16,18). The first kappa shape index (κ1) is 14.3. The monoisotopic (exact) mass is 334 g/mol. The van der Waals surface area contributed by atoms with Crippen molar-refractivity contribution in [3.8, 4) is 0 Å². The summed E-state index contributed by atoms with van der Waals surface area (Å²) < 4.78 is 0.938. The first-order chi connectivity index (χ1) is 9.61. The van der Waals surface area contributed by atoms with Gasteiger partial charge in [0, 0.05) is 41.7 Å². The zero-order chi connectivity index (χ0) is 14.5. The summed E-state index contributed by atoms with van der Waals surface area (Å²) in [5, 5.41) is 11.9. The van der Waals surface area contributed by atoms with Gasteiger partial charge >= 0.3 is 0 Å². The van der Waals surface area contributed by atoms with E-state index in [9.17, 15) is 0 Å². The van der Waals surface area contributed by atoms with Crippen molar-refractivity contribution in [2.24, 2.45) is 10.9 Å². The van der Waals surface area contributed by atoms with Crippen LogP contribution in [0.4, 0.5) is 5.69 Å². The van der Waals surface area contributed by atoms with Crippen LogP contribution in [0.5, 0.6) is 0 Å². The van der Waals surface area contributed by atoms with Crippen LogP contribution in [0.3, 0.4) is 0 Å². The summed E-state index contributed by atoms with van der Waals surface area (Å²) in [5.41, 5.74) is 8.36. The molecular weight excluding hydrogens is 320 g/mol. The van der Waals surface area contributed by atoms with Crippen LogP contribution >= 0.6 is 15.9 Å². The summed E-state index contributed by atoms with van der Waals surface area (Å²) in [5.74, 6) is 0.0971. The average Bonchev–Trinajstić information content (AvgIpc) is 2.46. The Kier molecular flexibility index (Phi) is 4.57. The van der Waals surface area contributed by atoms with E-state index in [2.05, 4.69) is 26.1 Å². The zero-order valence-electron chi connectivity index (χ0n) is 11.0. The highest BCUT2D eigenvalue weighted by atomic mass is 79.9. The Morgan fingerprint density at radius 1 is 1.40 bits per heavy atom. The van der Waals surface area contributed by atoms with Gasteiger partial charge in [0.25, 0.3) is 0 Å². The summed E-state index contributed by atoms with van der Waals surface area (Å²) in [6.45, 7) is 0.669. The second kappa shape index (κ2) is 6.38. The molecule has 0 saturated heterocycles. The lowest BCUT2D eigenvalue weighted by atomic mass is 10.1. The van der Waals surface area contributed by atoms with Crippen molar-refractivity contribution in [3.05, 3.63) is 58.3 Å². The van der Waals surface area contributed by atoms with E-state index in [0.717, 1.165) is 15.7 Å². The Hall–Kier alpha value is -2.08. The first-order valence-electron chi connectivity index (χ1n) is 5.99. The van der Waals surface area contributed by atoms with Gasteiger partial charge in [-0.2, -0.15) is 0 Å². The van der Waals surface area contributed by atoms with Crippen molar-refractivity contribution in [2.75, 3.05) is 11.9 Å². The number of oxime groups is 1. The number of nitrogens with two attached hydrogens (primary N) is 1. The van der Waals surface area contributed by atoms with Crippen LogP contribution in [0.15, 0.2) is 52.4 Å². The highest BCUT2D eigenvalue weighted by Crippen LogP contribution is 2.21. The molecule has 0 unspecified atom stereocenters. The van der Waals surface area contributed by atoms with Crippen molar-refractivity contribution < 1.29 is 5.21 Å². The molecule has 2 rings (SSSR count). The number of anilines is 1. The van der Waals surface area contributed by atoms with Gasteiger partial charge in [-0.25, -0.2) is 0 Å². The minimum Gasteiger partial charge on any atom is -0.409 e. The van der Waals surface area contributed by atoms with Crippen LogP contribution in [-0.2, 0) is 6.54 Å². The molecule has 20 heavy (non-hydrogen) atoms. The van der Waals surface area contributed by atoms with Gasteiger partial charge in [-0.1, -0.05) is 17.3 Å². The smallest absolute Gasteiger partial charge is 0.172 e. The zero-order valence-corrected chi connectivity index (χ0v) is 12.6. The molecule has 0 aliphatic heterocycles. The molecule has 3 N–H and O–H groups in total. The predicted molar refractivity (Wildman–Crippen MR) is 83.0 cm³/mol. The Balaban J connectivity index is 2.28. The maximum absolute atomic E-state index is 8.85. The molecule has 0 aliphatic rings. The minimum absolute atomic E-state index is 0.0971. The number of pyridine rings is 1. The Morgan fingerprint density at radius 3 is 2.85 bits per heavy atom. The van der Waals surface area contributed by atoms with Crippen molar-refractivity contribution >= 4 is 27.5 Å². The third-order valence-electron chi connectivity index (χ3n) is 2.88. The molecule has 1 heterocycles. The predicted octanol–water partition coefficient (Wildman–Crippen LogP) is 2.58. The lowest BCUT2D eigenvalue weighted by Gasteiger charge is -2.22. The quantitative estimate of drug-likeness (QED) is 0.390. The highest BCUT2D eigenvalue weighted by molar-refractivity contribution is 9.10. The van der Waals surface area contributed by atoms with Gasteiger partial charge in [0.2, 0.25) is 0 Å². The molecule has 0 fully saturated rings. The van der Waals surface area contributed by atoms with Crippen LogP contribution in [0.2, 0.25) is 0 Å². The van der Waals surface area contributed by atoms with Crippen molar-refractivity contribution in [2.45, 2.75) is 6.54 Å². The summed E-state index contributed by atoms with van der Waals surface area (Å²) >= 11 is 3.40. The minimum atomic E-state index is 0.0971. The van der Waals surface area contributed by atoms with Gasteiger partial charge in [0.1, 0.15) is 0 Å². The van der Waals surface area contributed by atoms with Gasteiger partial charge in [-0.05, 0) is 39.7 Å². The summed E-state index contributed by atoms with van der Waals surface area (Å²) in [7, 11) is 1.95. The van der Waals surface area contributed by atoms with Crippen molar-refractivity contribution in [1.29, 1.82) is 0 Å². The molecule has 104 valence electrons. The number of para-hydroxylation sites is 1. The number of nitrogens with zero attached hydrogens (tertiary/aromatic N) is 3. The third-order valence-corrected chi connectivity index (χ3v) is 3.31. The number of aromatic nitrogens is 1. The molecule has 0 spiro atoms. The van der Waals surface area contributed by atoms with E-state index in [1.54, 1.807) is 6.20 Å². The van der Waals surface area contributed by atoms with E-state index in [1.165, 1.54) is 0 Å². The molecule has 5 nitrogen and oxygen atoms in total. The Morgan fingerprint density at radius 2 is 2.15 bits per heavy atom. The van der Waals surface area contributed by atoms with E-state index in [-0.39, 0.29) is 5.84 Å². The normalized spacial score (nSPS) is 11.4. The molecule has 6 heteroatoms. The highest BCUT2D eigenvalue weighted by Gasteiger charge is 2.11. The largest absolute Gasteiger partial charge is 0.409 e. The fourth-order valence-corrected chi connectivity index (χ4v) is 2.39. The van der Waals surface area contributed by atoms with E-state index >= 15 is 0 Å². The second-order valence-electron chi connectivity index (χ2n) is 4.37. The molecular formula is C14H15BrN4O. The van der Waals surface area contributed by atoms with E-state index < -0.39 is 0 Å². The van der Waals surface area contributed by atoms with Crippen LogP contribution in [0, 0.1) is 0 Å². The molecule has 0 amide bonds. The van der Waals surface area contributed by atoms with E-state index in [4.69, 9.17) is 10.9 Å². The lowest BCUT2D eigenvalue weighted by Crippen LogP contribution is -2.22. The molecule has 1 aromatic heterocycles. The number of hydrogen-bond acceptors (Lipinski definition) is 4. The van der Waals surface area contributed by atoms with Gasteiger partial charge < -0.3 is 15.8 Å². The number of benzene rings is 1. The lowest BCUT2D eigenvalue weighted by molar-refractivity contribution is 0.318. The van der Waals surface area contributed by atoms with Crippen LogP contribution in [0.25, 0.3) is 0 Å². The number of halogens is 1. The van der Waals surface area contributed by atoms with Crippen LogP contribution in [-0.4, -0.2) is 23.1 Å². The first-order valence-corrected chi connectivity index (χ1v) is 6.78. The van der Waals surface area contributed by atoms with Gasteiger partial charge in [0.05, 0.1) is 0 Å². The topological polar surface area (TPSA) is 74.7 Å². The van der Waals surface area contributed by atoms with Crippen molar-refractivity contribution in [3.63, 3.8) is 0 Å². The fourth-order valence-electron chi connectivity index (χ4n) is 1.98. The maximum atomic E-state index is 8.85. The Bertz CT molecular complexity index is 630. The van der Waals surface area contributed by atoms with E-state index in [1.807, 2.05) is 48.5 Å². The molecule has 0 aliphatic carbocycles. The SMILES string of the molecule is CN(Cc1cncc(Br)c1)c1ccccc1/C(N)=N/O. The molecule has 0 atom stereocenters. The molecule has 2 aromatic rings. The number of amidine groups is 1. The summed E-state index contributed by atoms with van der Waals surface area (Å²) in [6.07, 6.45) is 3.56. The van der Waals surface area contributed by atoms with Crippen LogP contribution in [0.1, 0.15) is 11.1 Å². The fraction of sp³-hybridized carbons (Fsp3) is 0.143. The molecule has 0 bridgehead atoms. The maximum Gasteiger partial charge on any atom is 0.172 e. The van der Waals surface area contributed by atoms with Gasteiger partial charge in [-0.15, -0.1) is 0 Å². The molecule has 1 aromatic carbocycles. The summed E-state index contributed by atoms with van der Waals surface area (Å²) in [6, 6.07) is 9.53. The van der Waals surface area contributed by atoms with Gasteiger partial charge in [0.15, 0.2) is 5.84 Å². The molecule has 0 radical (unpaired) electrons. The van der Waals surface area contributed by atoms with E-state index in [0.29, 0.717) is 12.1 Å². The van der Waals surface area contributed by atoms with Crippen molar-refractivity contribution in [1.82, 2.24) is 4.98 Å². The van der Waals surface area contributed by atoms with Gasteiger partial charge in [-0.3, -0.25) is 4.98 Å². The van der Waals surface area contributed by atoms with Crippen LogP contribution < -0.4 is 10.6 Å². The number of hydrogen-bond donors (Lipinski definition) is 2. The second-order valence-corrected chi connectivity index (χ2v) is 5.29. The third kappa shape index (κ3) is 3.27. The summed E-state index contributed by atoms with van der Waals surface area (Å²) in [4.78, 5) is 6.17. The Labute approximate surface area is 125 Å². The molecule has 0 saturated carbocycles.